The van der Waals surface area contributed by atoms with Crippen molar-refractivity contribution in [1.82, 2.24) is 10.0 Å². The molecule has 6 heteroatoms. The van der Waals surface area contributed by atoms with Crippen molar-refractivity contribution in [3.63, 3.8) is 0 Å². The van der Waals surface area contributed by atoms with Gasteiger partial charge in [-0.3, -0.25) is 0 Å². The van der Waals surface area contributed by atoms with Gasteiger partial charge in [0.2, 0.25) is 10.0 Å². The van der Waals surface area contributed by atoms with Gasteiger partial charge in [-0.15, -0.1) is 0 Å². The summed E-state index contributed by atoms with van der Waals surface area (Å²) in [6.07, 6.45) is 0. The fourth-order valence-electron chi connectivity index (χ4n) is 1.47. The topological polar surface area (TPSA) is 58.2 Å². The van der Waals surface area contributed by atoms with Gasteiger partial charge in [0.1, 0.15) is 0 Å². The molecule has 16 heavy (non-hydrogen) atoms. The molecule has 2 rings (SSSR count). The van der Waals surface area contributed by atoms with Gasteiger partial charge in [0.05, 0.1) is 4.90 Å². The lowest BCUT2D eigenvalue weighted by Crippen LogP contribution is -2.56. The third-order valence-electron chi connectivity index (χ3n) is 2.48. The van der Waals surface area contributed by atoms with E-state index >= 15 is 0 Å². The van der Waals surface area contributed by atoms with Gasteiger partial charge in [-0.1, -0.05) is 6.07 Å². The normalized spacial score (nSPS) is 17.1. The Hall–Kier alpha value is -0.430. The van der Waals surface area contributed by atoms with Gasteiger partial charge in [-0.25, -0.2) is 13.1 Å². The Balaban J connectivity index is 2.30. The van der Waals surface area contributed by atoms with Crippen LogP contribution in [0.1, 0.15) is 5.56 Å². The molecular formula is C10H13BrN2O2S. The lowest BCUT2D eigenvalue weighted by Gasteiger charge is -2.27. The van der Waals surface area contributed by atoms with Crippen LogP contribution in [-0.4, -0.2) is 27.5 Å². The van der Waals surface area contributed by atoms with Crippen LogP contribution in [0.5, 0.6) is 0 Å². The molecule has 0 atom stereocenters. The van der Waals surface area contributed by atoms with Crippen molar-refractivity contribution in [2.45, 2.75) is 17.9 Å². The highest BCUT2D eigenvalue weighted by molar-refractivity contribution is 9.10. The maximum Gasteiger partial charge on any atom is 0.242 e. The average Bonchev–Trinajstić information content (AvgIpc) is 2.16. The highest BCUT2D eigenvalue weighted by Gasteiger charge is 2.25. The first-order valence-corrected chi connectivity index (χ1v) is 7.26. The molecule has 1 aromatic rings. The van der Waals surface area contributed by atoms with Crippen LogP contribution in [0.4, 0.5) is 0 Å². The number of aryl methyl sites for hydroxylation is 1. The number of rotatable bonds is 3. The lowest BCUT2D eigenvalue weighted by molar-refractivity contribution is 0.410. The van der Waals surface area contributed by atoms with Gasteiger partial charge in [0.15, 0.2) is 0 Å². The molecular weight excluding hydrogens is 292 g/mol. The van der Waals surface area contributed by atoms with Crippen LogP contribution in [-0.2, 0) is 10.0 Å². The smallest absolute Gasteiger partial charge is 0.242 e. The van der Waals surface area contributed by atoms with Crippen molar-refractivity contribution >= 4 is 26.0 Å². The fraction of sp³-hybridized carbons (Fsp3) is 0.400. The van der Waals surface area contributed by atoms with Gasteiger partial charge in [-0.05, 0) is 40.5 Å². The third-order valence-corrected chi connectivity index (χ3v) is 4.99. The second kappa shape index (κ2) is 4.44. The molecule has 1 aliphatic rings. The van der Waals surface area contributed by atoms with Crippen LogP contribution in [0.3, 0.4) is 0 Å². The maximum atomic E-state index is 12.0. The predicted octanol–water partition coefficient (Wildman–Crippen LogP) is 1.01. The summed E-state index contributed by atoms with van der Waals surface area (Å²) in [4.78, 5) is 0.305. The summed E-state index contributed by atoms with van der Waals surface area (Å²) in [5.74, 6) is 0. The Morgan fingerprint density at radius 3 is 2.69 bits per heavy atom. The number of hydrogen-bond acceptors (Lipinski definition) is 3. The minimum absolute atomic E-state index is 0.0115. The molecule has 4 nitrogen and oxygen atoms in total. The van der Waals surface area contributed by atoms with Gasteiger partial charge in [-0.2, -0.15) is 0 Å². The summed E-state index contributed by atoms with van der Waals surface area (Å²) in [7, 11) is -3.41. The minimum atomic E-state index is -3.41. The zero-order valence-electron chi connectivity index (χ0n) is 8.83. The molecule has 0 aliphatic carbocycles. The summed E-state index contributed by atoms with van der Waals surface area (Å²) >= 11 is 3.26. The molecule has 0 bridgehead atoms. The molecule has 1 heterocycles. The number of sulfonamides is 1. The Labute approximate surface area is 104 Å². The molecule has 0 radical (unpaired) electrons. The molecule has 0 unspecified atom stereocenters. The number of halogens is 1. The van der Waals surface area contributed by atoms with Crippen LogP contribution in [0, 0.1) is 6.92 Å². The molecule has 1 aromatic carbocycles. The van der Waals surface area contributed by atoms with Crippen molar-refractivity contribution in [1.29, 1.82) is 0 Å². The van der Waals surface area contributed by atoms with E-state index in [9.17, 15) is 8.42 Å². The standard InChI is InChI=1S/C10H13BrN2O2S/c1-7-2-3-9(11)10(4-7)16(14,15)13-8-5-12-6-8/h2-4,8,12-13H,5-6H2,1H3. The van der Waals surface area contributed by atoms with E-state index in [1.807, 2.05) is 13.0 Å². The Kier molecular flexibility index (Phi) is 3.34. The quantitative estimate of drug-likeness (QED) is 0.876. The van der Waals surface area contributed by atoms with Gasteiger partial charge in [0.25, 0.3) is 0 Å². The Bertz CT molecular complexity index is 498. The summed E-state index contributed by atoms with van der Waals surface area (Å²) in [6.45, 7) is 3.27. The lowest BCUT2D eigenvalue weighted by atomic mass is 10.2. The van der Waals surface area contributed by atoms with Crippen molar-refractivity contribution in [2.24, 2.45) is 0 Å². The summed E-state index contributed by atoms with van der Waals surface area (Å²) in [5.41, 5.74) is 0.926. The predicted molar refractivity (Wildman–Crippen MR) is 65.9 cm³/mol. The highest BCUT2D eigenvalue weighted by atomic mass is 79.9. The van der Waals surface area contributed by atoms with E-state index in [4.69, 9.17) is 0 Å². The Morgan fingerprint density at radius 2 is 2.12 bits per heavy atom. The van der Waals surface area contributed by atoms with Crippen molar-refractivity contribution < 1.29 is 8.42 Å². The third kappa shape index (κ3) is 2.45. The Morgan fingerprint density at radius 1 is 1.44 bits per heavy atom. The first kappa shape index (κ1) is 12.0. The first-order valence-electron chi connectivity index (χ1n) is 4.98. The van der Waals surface area contributed by atoms with E-state index in [0.717, 1.165) is 5.56 Å². The molecule has 1 aliphatic heterocycles. The summed E-state index contributed by atoms with van der Waals surface area (Å²) in [5, 5.41) is 3.02. The van der Waals surface area contributed by atoms with E-state index in [-0.39, 0.29) is 6.04 Å². The summed E-state index contributed by atoms with van der Waals surface area (Å²) in [6, 6.07) is 5.30. The van der Waals surface area contributed by atoms with Crippen LogP contribution >= 0.6 is 15.9 Å². The highest BCUT2D eigenvalue weighted by Crippen LogP contribution is 2.23. The van der Waals surface area contributed by atoms with E-state index in [2.05, 4.69) is 26.0 Å². The average molecular weight is 305 g/mol. The number of nitrogens with one attached hydrogen (secondary N) is 2. The van der Waals surface area contributed by atoms with Crippen molar-refractivity contribution in [3.05, 3.63) is 28.2 Å². The van der Waals surface area contributed by atoms with E-state index in [1.54, 1.807) is 12.1 Å². The van der Waals surface area contributed by atoms with Crippen LogP contribution < -0.4 is 10.0 Å². The maximum absolute atomic E-state index is 12.0. The largest absolute Gasteiger partial charge is 0.313 e. The SMILES string of the molecule is Cc1ccc(Br)c(S(=O)(=O)NC2CNC2)c1. The fourth-order valence-corrected chi connectivity index (χ4v) is 3.76. The molecule has 0 spiro atoms. The van der Waals surface area contributed by atoms with E-state index in [0.29, 0.717) is 22.5 Å². The number of hydrogen-bond donors (Lipinski definition) is 2. The van der Waals surface area contributed by atoms with Gasteiger partial charge < -0.3 is 5.32 Å². The molecule has 1 fully saturated rings. The van der Waals surface area contributed by atoms with E-state index < -0.39 is 10.0 Å². The molecule has 2 N–H and O–H groups in total. The van der Waals surface area contributed by atoms with Gasteiger partial charge >= 0.3 is 0 Å². The monoisotopic (exact) mass is 304 g/mol. The molecule has 0 amide bonds. The molecule has 0 saturated carbocycles. The van der Waals surface area contributed by atoms with Crippen LogP contribution in [0.2, 0.25) is 0 Å². The zero-order valence-corrected chi connectivity index (χ0v) is 11.2. The van der Waals surface area contributed by atoms with Crippen molar-refractivity contribution in [3.8, 4) is 0 Å². The van der Waals surface area contributed by atoms with Crippen LogP contribution in [0.25, 0.3) is 0 Å². The minimum Gasteiger partial charge on any atom is -0.313 e. The molecule has 88 valence electrons. The van der Waals surface area contributed by atoms with E-state index in [1.165, 1.54) is 0 Å². The molecule has 0 aromatic heterocycles. The second-order valence-corrected chi connectivity index (χ2v) is 6.45. The van der Waals surface area contributed by atoms with Gasteiger partial charge in [0, 0.05) is 23.6 Å². The first-order chi connectivity index (χ1) is 7.49. The van der Waals surface area contributed by atoms with Crippen molar-refractivity contribution in [2.75, 3.05) is 13.1 Å². The molecule has 1 saturated heterocycles. The number of benzene rings is 1. The van der Waals surface area contributed by atoms with Crippen LogP contribution in [0.15, 0.2) is 27.6 Å². The summed E-state index contributed by atoms with van der Waals surface area (Å²) < 4.78 is 27.3. The zero-order chi connectivity index (χ0) is 11.8. The second-order valence-electron chi connectivity index (χ2n) is 3.91.